The molecule has 3 rings (SSSR count). The van der Waals surface area contributed by atoms with Crippen LogP contribution in [0.2, 0.25) is 0 Å². The van der Waals surface area contributed by atoms with Gasteiger partial charge in [0.1, 0.15) is 0 Å². The minimum absolute atomic E-state index is 0.297. The lowest BCUT2D eigenvalue weighted by Gasteiger charge is -2.28. The van der Waals surface area contributed by atoms with Crippen LogP contribution >= 0.6 is 0 Å². The third-order valence-corrected chi connectivity index (χ3v) is 6.12. The second kappa shape index (κ2) is 7.42. The van der Waals surface area contributed by atoms with Gasteiger partial charge in [0.2, 0.25) is 0 Å². The van der Waals surface area contributed by atoms with Gasteiger partial charge in [0.05, 0.1) is 0 Å². The van der Waals surface area contributed by atoms with Gasteiger partial charge < -0.3 is 0 Å². The highest BCUT2D eigenvalue weighted by atomic mass is 16.1. The van der Waals surface area contributed by atoms with E-state index in [4.69, 9.17) is 0 Å². The Hall–Kier alpha value is -1.11. The molecule has 2 saturated carbocycles. The largest absolute Gasteiger partial charge is 0.294 e. The highest BCUT2D eigenvalue weighted by Crippen LogP contribution is 2.39. The van der Waals surface area contributed by atoms with Crippen molar-refractivity contribution in [1.29, 1.82) is 0 Å². The molecule has 24 heavy (non-hydrogen) atoms. The molecule has 1 aromatic carbocycles. The van der Waals surface area contributed by atoms with E-state index in [1.165, 1.54) is 75.3 Å². The molecule has 0 unspecified atom stereocenters. The smallest absolute Gasteiger partial charge is 0.168 e. The number of hydrogen-bond acceptors (Lipinski definition) is 1. The number of rotatable bonds is 3. The maximum atomic E-state index is 13.2. The summed E-state index contributed by atoms with van der Waals surface area (Å²) in [7, 11) is 0. The summed E-state index contributed by atoms with van der Waals surface area (Å²) in [6.45, 7) is 6.19. The van der Waals surface area contributed by atoms with Crippen LogP contribution in [0.15, 0.2) is 18.2 Å². The van der Waals surface area contributed by atoms with Crippen molar-refractivity contribution >= 4 is 5.78 Å². The molecule has 0 aliphatic heterocycles. The summed E-state index contributed by atoms with van der Waals surface area (Å²) in [5.41, 5.74) is 3.50. The molecule has 0 atom stereocenters. The quantitative estimate of drug-likeness (QED) is 0.546. The Morgan fingerprint density at radius 2 is 1.38 bits per heavy atom. The number of carbonyl (C=O) groups excluding carboxylic acids is 1. The number of benzene rings is 1. The van der Waals surface area contributed by atoms with Crippen molar-refractivity contribution in [3.8, 4) is 0 Å². The van der Waals surface area contributed by atoms with E-state index in [0.717, 1.165) is 5.56 Å². The van der Waals surface area contributed by atoms with E-state index in [0.29, 0.717) is 17.6 Å². The standard InChI is InChI=1S/C23H34O/c1-23(2,3)22(24)21-16-19(17-10-6-4-7-11-17)14-15-20(21)18-12-8-5-9-13-18/h14-18H,4-13H2,1-3H3. The average molecular weight is 327 g/mol. The lowest BCUT2D eigenvalue weighted by Crippen LogP contribution is -2.23. The van der Waals surface area contributed by atoms with Gasteiger partial charge in [-0.15, -0.1) is 0 Å². The summed E-state index contributed by atoms with van der Waals surface area (Å²) in [6, 6.07) is 6.95. The second-order valence-corrected chi connectivity index (χ2v) is 9.10. The van der Waals surface area contributed by atoms with E-state index < -0.39 is 0 Å². The minimum Gasteiger partial charge on any atom is -0.294 e. The number of Topliss-reactive ketones (excluding diaryl/α,β-unsaturated/α-hetero) is 1. The van der Waals surface area contributed by atoms with Crippen LogP contribution in [-0.4, -0.2) is 5.78 Å². The molecule has 0 aromatic heterocycles. The van der Waals surface area contributed by atoms with Crippen LogP contribution in [0.1, 0.15) is 118 Å². The Morgan fingerprint density at radius 1 is 0.833 bits per heavy atom. The first kappa shape index (κ1) is 17.7. The molecule has 1 aromatic rings. The zero-order valence-corrected chi connectivity index (χ0v) is 15.9. The van der Waals surface area contributed by atoms with Gasteiger partial charge in [-0.2, -0.15) is 0 Å². The van der Waals surface area contributed by atoms with E-state index in [2.05, 4.69) is 39.0 Å². The van der Waals surface area contributed by atoms with Crippen molar-refractivity contribution in [2.45, 2.75) is 96.8 Å². The van der Waals surface area contributed by atoms with Crippen molar-refractivity contribution in [2.75, 3.05) is 0 Å². The van der Waals surface area contributed by atoms with Crippen LogP contribution in [0, 0.1) is 5.41 Å². The molecule has 2 aliphatic carbocycles. The van der Waals surface area contributed by atoms with Gasteiger partial charge in [-0.3, -0.25) is 4.79 Å². The predicted molar refractivity (Wildman–Crippen MR) is 102 cm³/mol. The summed E-state index contributed by atoms with van der Waals surface area (Å²) in [6.07, 6.45) is 13.2. The zero-order valence-electron chi connectivity index (χ0n) is 15.9. The molecule has 0 saturated heterocycles. The Labute approximate surface area is 148 Å². The Bertz CT molecular complexity index is 566. The second-order valence-electron chi connectivity index (χ2n) is 9.10. The van der Waals surface area contributed by atoms with E-state index in [1.807, 2.05) is 0 Å². The van der Waals surface area contributed by atoms with Crippen LogP contribution in [0.3, 0.4) is 0 Å². The summed E-state index contributed by atoms with van der Waals surface area (Å²) < 4.78 is 0. The molecule has 0 N–H and O–H groups in total. The number of ketones is 1. The van der Waals surface area contributed by atoms with Gasteiger partial charge >= 0.3 is 0 Å². The minimum atomic E-state index is -0.297. The van der Waals surface area contributed by atoms with Crippen molar-refractivity contribution in [2.24, 2.45) is 5.41 Å². The summed E-state index contributed by atoms with van der Waals surface area (Å²) in [5, 5.41) is 0. The first-order chi connectivity index (χ1) is 11.5. The van der Waals surface area contributed by atoms with E-state index in [-0.39, 0.29) is 5.41 Å². The molecular formula is C23H34O. The highest BCUT2D eigenvalue weighted by Gasteiger charge is 2.29. The maximum absolute atomic E-state index is 13.2. The lowest BCUT2D eigenvalue weighted by molar-refractivity contribution is 0.0856. The topological polar surface area (TPSA) is 17.1 Å². The van der Waals surface area contributed by atoms with E-state index >= 15 is 0 Å². The SMILES string of the molecule is CC(C)(C)C(=O)c1cc(C2CCCCC2)ccc1C1CCCCC1. The van der Waals surface area contributed by atoms with Gasteiger partial charge in [0, 0.05) is 11.0 Å². The van der Waals surface area contributed by atoms with Gasteiger partial charge in [-0.25, -0.2) is 0 Å². The molecule has 2 aliphatic rings. The first-order valence-corrected chi connectivity index (χ1v) is 10.2. The molecule has 132 valence electrons. The fourth-order valence-electron chi connectivity index (χ4n) is 4.63. The summed E-state index contributed by atoms with van der Waals surface area (Å²) in [4.78, 5) is 13.2. The van der Waals surface area contributed by atoms with E-state index in [9.17, 15) is 4.79 Å². The third kappa shape index (κ3) is 3.92. The third-order valence-electron chi connectivity index (χ3n) is 6.12. The molecule has 1 heteroatoms. The monoisotopic (exact) mass is 326 g/mol. The molecule has 0 spiro atoms. The van der Waals surface area contributed by atoms with E-state index in [1.54, 1.807) is 0 Å². The molecule has 2 fully saturated rings. The van der Waals surface area contributed by atoms with Crippen LogP contribution in [0.4, 0.5) is 0 Å². The van der Waals surface area contributed by atoms with Crippen LogP contribution in [0.5, 0.6) is 0 Å². The molecule has 0 bridgehead atoms. The van der Waals surface area contributed by atoms with Crippen LogP contribution in [0.25, 0.3) is 0 Å². The van der Waals surface area contributed by atoms with Gasteiger partial charge in [-0.1, -0.05) is 71.4 Å². The molecule has 0 radical (unpaired) electrons. The summed E-state index contributed by atoms with van der Waals surface area (Å²) in [5.74, 6) is 1.60. The van der Waals surface area contributed by atoms with Crippen molar-refractivity contribution in [3.63, 3.8) is 0 Å². The van der Waals surface area contributed by atoms with Crippen LogP contribution in [-0.2, 0) is 0 Å². The fourth-order valence-corrected chi connectivity index (χ4v) is 4.63. The van der Waals surface area contributed by atoms with Crippen LogP contribution < -0.4 is 0 Å². The Morgan fingerprint density at radius 3 is 1.92 bits per heavy atom. The number of carbonyl (C=O) groups is 1. The van der Waals surface area contributed by atoms with Crippen molar-refractivity contribution < 1.29 is 4.79 Å². The average Bonchev–Trinajstić information content (AvgIpc) is 2.61. The van der Waals surface area contributed by atoms with Gasteiger partial charge in [0.25, 0.3) is 0 Å². The predicted octanol–water partition coefficient (Wildman–Crippen LogP) is 7.01. The van der Waals surface area contributed by atoms with Crippen molar-refractivity contribution in [3.05, 3.63) is 34.9 Å². The van der Waals surface area contributed by atoms with Gasteiger partial charge in [-0.05, 0) is 54.7 Å². The molecule has 0 heterocycles. The molecular weight excluding hydrogens is 292 g/mol. The Kier molecular flexibility index (Phi) is 5.47. The highest BCUT2D eigenvalue weighted by molar-refractivity contribution is 6.01. The molecule has 1 nitrogen and oxygen atoms in total. The Balaban J connectivity index is 1.96. The normalized spacial score (nSPS) is 21.0. The van der Waals surface area contributed by atoms with Gasteiger partial charge in [0.15, 0.2) is 5.78 Å². The zero-order chi connectivity index (χ0) is 17.2. The van der Waals surface area contributed by atoms with Crippen molar-refractivity contribution in [1.82, 2.24) is 0 Å². The summed E-state index contributed by atoms with van der Waals surface area (Å²) >= 11 is 0. The lowest BCUT2D eigenvalue weighted by atomic mass is 9.75. The molecule has 0 amide bonds. The fraction of sp³-hybridized carbons (Fsp3) is 0.696. The first-order valence-electron chi connectivity index (χ1n) is 10.2. The maximum Gasteiger partial charge on any atom is 0.168 e. The number of hydrogen-bond donors (Lipinski definition) is 0.